The maximum absolute atomic E-state index is 6.87. The lowest BCUT2D eigenvalue weighted by Crippen LogP contribution is -2.13. The van der Waals surface area contributed by atoms with Crippen LogP contribution in [-0.4, -0.2) is 39.0 Å². The zero-order chi connectivity index (χ0) is 70.9. The Hall–Kier alpha value is -14.4. The Balaban J connectivity index is 0.000000135. The van der Waals surface area contributed by atoms with E-state index in [4.69, 9.17) is 48.2 Å². The molecule has 8 heterocycles. The van der Waals surface area contributed by atoms with Gasteiger partial charge in [0.05, 0.1) is 22.4 Å². The first-order valence-corrected chi connectivity index (χ1v) is 36.4. The predicted molar refractivity (Wildman–Crippen MR) is 429 cm³/mol. The molecule has 0 saturated carbocycles. The second kappa shape index (κ2) is 24.7. The van der Waals surface area contributed by atoms with Crippen LogP contribution in [0.1, 0.15) is 57.7 Å². The zero-order valence-electron chi connectivity index (χ0n) is 57.9. The van der Waals surface area contributed by atoms with Gasteiger partial charge in [0, 0.05) is 111 Å². The lowest BCUT2D eigenvalue weighted by molar-refractivity contribution is 0.224. The van der Waals surface area contributed by atoms with Crippen molar-refractivity contribution in [2.45, 2.75) is 24.0 Å². The molecule has 0 N–H and O–H groups in total. The van der Waals surface area contributed by atoms with Gasteiger partial charge in [-0.1, -0.05) is 218 Å². The first-order valence-electron chi connectivity index (χ1n) is 36.4. The van der Waals surface area contributed by atoms with Crippen LogP contribution < -0.4 is 9.47 Å². The Morgan fingerprint density at radius 3 is 1.20 bits per heavy atom. The first kappa shape index (κ1) is 61.1. The summed E-state index contributed by atoms with van der Waals surface area (Å²) in [6.07, 6.45) is 8.81. The average Bonchev–Trinajstić information content (AvgIpc) is 1.56. The number of para-hydroxylation sites is 6. The first-order chi connectivity index (χ1) is 53.5. The van der Waals surface area contributed by atoms with E-state index in [1.54, 1.807) is 0 Å². The molecule has 6 aromatic heterocycles. The number of nitrogens with zero attached hydrogens (tertiary/aromatic N) is 8. The van der Waals surface area contributed by atoms with E-state index >= 15 is 0 Å². The van der Waals surface area contributed by atoms with Gasteiger partial charge in [0.25, 0.3) is 0 Å². The molecule has 0 radical (unpaired) electrons. The fourth-order valence-corrected chi connectivity index (χ4v) is 16.7. The predicted octanol–water partition coefficient (Wildman–Crippen LogP) is 23.6. The summed E-state index contributed by atoms with van der Waals surface area (Å²) in [5.74, 6) is 5.47. The molecule has 2 aliphatic carbocycles. The number of hydrogen-bond donors (Lipinski definition) is 0. The molecular formula is C96H60N8O4. The van der Waals surface area contributed by atoms with Crippen LogP contribution in [0.5, 0.6) is 11.5 Å². The van der Waals surface area contributed by atoms with Crippen LogP contribution in [0.25, 0.3) is 169 Å². The number of rotatable bonds is 9. The van der Waals surface area contributed by atoms with Crippen molar-refractivity contribution in [1.29, 1.82) is 0 Å². The van der Waals surface area contributed by atoms with Crippen LogP contribution in [0, 0.1) is 0 Å². The third kappa shape index (κ3) is 9.98. The van der Waals surface area contributed by atoms with E-state index in [0.29, 0.717) is 34.9 Å². The van der Waals surface area contributed by atoms with Gasteiger partial charge in [0.2, 0.25) is 0 Å². The van der Waals surface area contributed by atoms with Gasteiger partial charge in [-0.05, 0) is 132 Å². The largest absolute Gasteiger partial charge is 0.484 e. The molecule has 0 saturated heterocycles. The van der Waals surface area contributed by atoms with Crippen molar-refractivity contribution in [3.05, 3.63) is 361 Å². The average molecular weight is 1390 g/mol. The quantitative estimate of drug-likeness (QED) is 0.138. The van der Waals surface area contributed by atoms with Crippen molar-refractivity contribution in [3.63, 3.8) is 0 Å². The van der Waals surface area contributed by atoms with E-state index < -0.39 is 0 Å². The van der Waals surface area contributed by atoms with Gasteiger partial charge in [-0.15, -0.1) is 0 Å². The van der Waals surface area contributed by atoms with Crippen LogP contribution in [-0.2, 0) is 0 Å². The minimum absolute atomic E-state index is 0.0276. The van der Waals surface area contributed by atoms with Gasteiger partial charge >= 0.3 is 0 Å². The van der Waals surface area contributed by atoms with Crippen LogP contribution in [0.2, 0.25) is 0 Å². The summed E-state index contributed by atoms with van der Waals surface area (Å²) in [5.41, 5.74) is 22.7. The molecular weight excluding hydrogens is 1330 g/mol. The Bertz CT molecular complexity index is 6900. The lowest BCUT2D eigenvalue weighted by atomic mass is 9.85. The van der Waals surface area contributed by atoms with E-state index in [0.717, 1.165) is 134 Å². The van der Waals surface area contributed by atoms with Crippen molar-refractivity contribution in [1.82, 2.24) is 39.0 Å². The number of aromatic nitrogens is 8. The Morgan fingerprint density at radius 2 is 0.648 bits per heavy atom. The Labute approximate surface area is 619 Å². The molecule has 0 amide bonds. The summed E-state index contributed by atoms with van der Waals surface area (Å²) in [6, 6.07) is 108. The molecule has 23 rings (SSSR count). The second-order valence-electron chi connectivity index (χ2n) is 27.8. The molecule has 0 spiro atoms. The summed E-state index contributed by atoms with van der Waals surface area (Å²) in [5, 5.41) is 6.52. The van der Waals surface area contributed by atoms with Gasteiger partial charge in [-0.3, -0.25) is 0 Å². The van der Waals surface area contributed by atoms with Crippen LogP contribution in [0.3, 0.4) is 0 Å². The third-order valence-corrected chi connectivity index (χ3v) is 21.7. The highest BCUT2D eigenvalue weighted by molar-refractivity contribution is 6.12. The smallest absolute Gasteiger partial charge is 0.164 e. The highest BCUT2D eigenvalue weighted by Gasteiger charge is 2.42. The third-order valence-electron chi connectivity index (χ3n) is 21.7. The van der Waals surface area contributed by atoms with Gasteiger partial charge in [-0.25, -0.2) is 29.9 Å². The van der Waals surface area contributed by atoms with Gasteiger partial charge in [0.1, 0.15) is 46.0 Å². The molecule has 4 atom stereocenters. The van der Waals surface area contributed by atoms with Crippen molar-refractivity contribution < 1.29 is 18.3 Å². The molecule has 508 valence electrons. The summed E-state index contributed by atoms with van der Waals surface area (Å²) in [7, 11) is 0. The minimum Gasteiger partial charge on any atom is -0.484 e. The Morgan fingerprint density at radius 1 is 0.269 bits per heavy atom. The van der Waals surface area contributed by atoms with Crippen LogP contribution in [0.4, 0.5) is 0 Å². The molecule has 4 aliphatic rings. The maximum Gasteiger partial charge on any atom is 0.164 e. The van der Waals surface area contributed by atoms with E-state index in [-0.39, 0.29) is 24.0 Å². The monoisotopic (exact) mass is 1390 g/mol. The molecule has 2 aliphatic heterocycles. The number of ether oxygens (including phenoxy) is 2. The standard InChI is InChI=1S/C51H32N4O2.C45H28N4O2/c1-3-12-31(13-4-1)32-22-24-33(25-23-32)49-52-50(54-51(53-49)39-18-11-21-45-46(39)38-17-8-10-20-43(38)56-45)34-26-29-44-40(30-34)36-27-28-42-47(48(36)57-44)37-16-7-9-19-41(37)55(42)35-14-5-2-6-15-35;1-3-11-27(12-4-1)43-46-44(28-19-23-39-34(25-28)31-15-8-10-18-38(31)50-39)48-45(47-43)29-20-24-40-35(26-29)32-21-22-37-41(42(32)51-40)33-16-7-9-17-36(33)49(37)30-13-5-2-6-14-30/h1-30,36,48H;1-26,32,42H. The molecule has 108 heavy (non-hydrogen) atoms. The van der Waals surface area contributed by atoms with Crippen molar-refractivity contribution >= 4 is 77.8 Å². The van der Waals surface area contributed by atoms with E-state index in [2.05, 4.69) is 252 Å². The summed E-state index contributed by atoms with van der Waals surface area (Å²) in [4.78, 5) is 30.7. The van der Waals surface area contributed by atoms with Crippen molar-refractivity contribution in [2.24, 2.45) is 0 Å². The van der Waals surface area contributed by atoms with E-state index in [1.165, 1.54) is 32.9 Å². The molecule has 12 heteroatoms. The summed E-state index contributed by atoms with van der Waals surface area (Å²) >= 11 is 0. The van der Waals surface area contributed by atoms with Gasteiger partial charge in [0.15, 0.2) is 34.9 Å². The molecule has 13 aromatic carbocycles. The summed E-state index contributed by atoms with van der Waals surface area (Å²) in [6.45, 7) is 0. The van der Waals surface area contributed by atoms with Crippen molar-refractivity contribution in [2.75, 3.05) is 0 Å². The van der Waals surface area contributed by atoms with E-state index in [1.807, 2.05) is 97.1 Å². The molecule has 0 bridgehead atoms. The lowest BCUT2D eigenvalue weighted by Gasteiger charge is -2.22. The topological polar surface area (TPSA) is 132 Å². The fourth-order valence-electron chi connectivity index (χ4n) is 16.7. The fraction of sp³-hybridized carbons (Fsp3) is 0.0417. The normalized spacial score (nSPS) is 15.7. The summed E-state index contributed by atoms with van der Waals surface area (Å²) < 4.78 is 30.8. The molecule has 12 nitrogen and oxygen atoms in total. The highest BCUT2D eigenvalue weighted by atomic mass is 16.5. The molecule has 19 aromatic rings. The molecule has 4 unspecified atom stereocenters. The minimum atomic E-state index is -0.162. The van der Waals surface area contributed by atoms with Crippen LogP contribution >= 0.6 is 0 Å². The number of furan rings is 2. The van der Waals surface area contributed by atoms with Crippen molar-refractivity contribution in [3.8, 4) is 102 Å². The van der Waals surface area contributed by atoms with E-state index in [9.17, 15) is 0 Å². The van der Waals surface area contributed by atoms with Crippen LogP contribution in [0.15, 0.2) is 336 Å². The SMILES string of the molecule is C1=CC2c3cc(-c4nc(-c5ccc(-c6ccccc6)cc5)nc(-c5cccc6oc7ccccc7c56)n4)ccc3OC2c2c1n(-c1ccccc1)c1ccccc21.C1=CC2c3cc(-c4nc(-c5ccccc5)nc(-c5ccc6oc7ccccc7c6c5)n4)ccc3OC2c2c1n(-c1ccccc1)c1ccccc21. The number of fused-ring (bicyclic) bond motifs is 20. The second-order valence-corrected chi connectivity index (χ2v) is 27.8. The zero-order valence-corrected chi connectivity index (χ0v) is 57.9. The Kier molecular flexibility index (Phi) is 14.0. The van der Waals surface area contributed by atoms with Gasteiger partial charge < -0.3 is 27.4 Å². The number of hydrogen-bond acceptors (Lipinski definition) is 10. The highest BCUT2D eigenvalue weighted by Crippen LogP contribution is 2.56. The maximum atomic E-state index is 6.87. The number of benzene rings is 13. The molecule has 0 fully saturated rings. The van der Waals surface area contributed by atoms with Gasteiger partial charge in [-0.2, -0.15) is 0 Å².